The molecule has 2 amide bonds. The van der Waals surface area contributed by atoms with Gasteiger partial charge in [0.25, 0.3) is 11.8 Å². The van der Waals surface area contributed by atoms with E-state index in [2.05, 4.69) is 9.97 Å². The van der Waals surface area contributed by atoms with Crippen LogP contribution in [0.1, 0.15) is 31.6 Å². The van der Waals surface area contributed by atoms with Crippen molar-refractivity contribution in [3.05, 3.63) is 17.2 Å². The molecular weight excluding hydrogens is 192 g/mol. The average molecular weight is 198 g/mol. The maximum atomic E-state index is 10.7. The number of nitrogens with two attached hydrogens (primary N) is 2. The summed E-state index contributed by atoms with van der Waals surface area (Å²) in [6.07, 6.45) is 0. The van der Waals surface area contributed by atoms with Crippen molar-refractivity contribution in [1.29, 1.82) is 0 Å². The molecule has 0 bridgehead atoms. The van der Waals surface area contributed by atoms with Crippen molar-refractivity contribution in [2.24, 2.45) is 11.5 Å². The number of aromatic amines is 1. The smallest absolute Gasteiger partial charge is 0.371 e. The van der Waals surface area contributed by atoms with Gasteiger partial charge in [0.2, 0.25) is 5.82 Å². The summed E-state index contributed by atoms with van der Waals surface area (Å²) in [4.78, 5) is 37.2. The van der Waals surface area contributed by atoms with Crippen LogP contribution in [-0.4, -0.2) is 32.9 Å². The number of carbonyl (C=O) groups is 3. The van der Waals surface area contributed by atoms with E-state index in [-0.39, 0.29) is 0 Å². The normalized spacial score (nSPS) is 9.71. The van der Waals surface area contributed by atoms with E-state index in [1.807, 2.05) is 0 Å². The number of hydrogen-bond donors (Lipinski definition) is 4. The van der Waals surface area contributed by atoms with Gasteiger partial charge in [0.05, 0.1) is 0 Å². The predicted octanol–water partition coefficient (Wildman–Crippen LogP) is -1.69. The van der Waals surface area contributed by atoms with Gasteiger partial charge in [-0.25, -0.2) is 9.78 Å². The van der Waals surface area contributed by atoms with Crippen LogP contribution in [0, 0.1) is 0 Å². The molecule has 14 heavy (non-hydrogen) atoms. The molecule has 1 aromatic heterocycles. The summed E-state index contributed by atoms with van der Waals surface area (Å²) in [5, 5.41) is 8.49. The lowest BCUT2D eigenvalue weighted by Crippen LogP contribution is -2.20. The Kier molecular flexibility index (Phi) is 2.19. The van der Waals surface area contributed by atoms with E-state index in [1.54, 1.807) is 0 Å². The van der Waals surface area contributed by atoms with Gasteiger partial charge in [-0.1, -0.05) is 0 Å². The quantitative estimate of drug-likeness (QED) is 0.456. The van der Waals surface area contributed by atoms with Crippen LogP contribution in [0.5, 0.6) is 0 Å². The van der Waals surface area contributed by atoms with Crippen molar-refractivity contribution in [2.75, 3.05) is 0 Å². The molecule has 0 radical (unpaired) electrons. The molecule has 1 heterocycles. The largest absolute Gasteiger partial charge is 0.475 e. The second-order valence-electron chi connectivity index (χ2n) is 2.34. The Morgan fingerprint density at radius 1 is 1.21 bits per heavy atom. The van der Waals surface area contributed by atoms with E-state index in [0.717, 1.165) is 0 Å². The number of primary amides is 2. The minimum Gasteiger partial charge on any atom is -0.475 e. The summed E-state index contributed by atoms with van der Waals surface area (Å²) in [6.45, 7) is 0. The second-order valence-corrected chi connectivity index (χ2v) is 2.34. The standard InChI is InChI=1S/C6H6N4O4/c7-3(11)1-2(4(8)12)10-5(9-1)6(13)14/h(H2,7,11)(H2,8,12)(H,9,10)(H,13,14). The van der Waals surface area contributed by atoms with Crippen molar-refractivity contribution in [1.82, 2.24) is 9.97 Å². The minimum absolute atomic E-state index is 0.408. The topological polar surface area (TPSA) is 152 Å². The Hall–Kier alpha value is -2.38. The molecule has 74 valence electrons. The number of nitrogens with zero attached hydrogens (tertiary/aromatic N) is 1. The maximum Gasteiger partial charge on any atom is 0.371 e. The summed E-state index contributed by atoms with van der Waals surface area (Å²) in [5.41, 5.74) is 8.81. The molecule has 1 aromatic rings. The molecule has 0 fully saturated rings. The molecule has 6 N–H and O–H groups in total. The summed E-state index contributed by atoms with van der Waals surface area (Å²) in [6, 6.07) is 0. The summed E-state index contributed by atoms with van der Waals surface area (Å²) >= 11 is 0. The Morgan fingerprint density at radius 2 is 1.79 bits per heavy atom. The number of carbonyl (C=O) groups excluding carboxylic acids is 2. The number of aromatic carboxylic acids is 1. The van der Waals surface area contributed by atoms with Gasteiger partial charge in [-0.3, -0.25) is 9.59 Å². The van der Waals surface area contributed by atoms with Crippen LogP contribution >= 0.6 is 0 Å². The summed E-state index contributed by atoms with van der Waals surface area (Å²) in [7, 11) is 0. The van der Waals surface area contributed by atoms with Crippen molar-refractivity contribution in [3.8, 4) is 0 Å². The number of hydrogen-bond acceptors (Lipinski definition) is 4. The fourth-order valence-corrected chi connectivity index (χ4v) is 0.831. The number of H-pyrrole nitrogens is 1. The first-order chi connectivity index (χ1) is 6.43. The average Bonchev–Trinajstić information content (AvgIpc) is 2.47. The zero-order chi connectivity index (χ0) is 10.9. The van der Waals surface area contributed by atoms with Crippen LogP contribution in [0.4, 0.5) is 0 Å². The van der Waals surface area contributed by atoms with Crippen molar-refractivity contribution in [2.45, 2.75) is 0 Å². The van der Waals surface area contributed by atoms with Gasteiger partial charge in [-0.2, -0.15) is 0 Å². The number of carboxylic acids is 1. The maximum absolute atomic E-state index is 10.7. The Balaban J connectivity index is 3.33. The van der Waals surface area contributed by atoms with E-state index in [4.69, 9.17) is 16.6 Å². The molecule has 0 atom stereocenters. The highest BCUT2D eigenvalue weighted by Gasteiger charge is 2.21. The molecule has 0 unspecified atom stereocenters. The minimum atomic E-state index is -1.42. The van der Waals surface area contributed by atoms with Gasteiger partial charge in [0, 0.05) is 0 Å². The van der Waals surface area contributed by atoms with Gasteiger partial charge < -0.3 is 21.6 Å². The predicted molar refractivity (Wildman–Crippen MR) is 42.6 cm³/mol. The SMILES string of the molecule is NC(=O)c1nc(C(=O)O)[nH]c1C(N)=O. The molecule has 0 aliphatic rings. The molecule has 1 rings (SSSR count). The monoisotopic (exact) mass is 198 g/mol. The fraction of sp³-hybridized carbons (Fsp3) is 0. The van der Waals surface area contributed by atoms with Crippen LogP contribution in [0.2, 0.25) is 0 Å². The molecule has 0 aliphatic heterocycles. The van der Waals surface area contributed by atoms with Crippen LogP contribution in [-0.2, 0) is 0 Å². The van der Waals surface area contributed by atoms with Crippen LogP contribution in [0.25, 0.3) is 0 Å². The van der Waals surface area contributed by atoms with E-state index in [1.165, 1.54) is 0 Å². The third kappa shape index (κ3) is 1.53. The lowest BCUT2D eigenvalue weighted by Gasteiger charge is -1.90. The van der Waals surface area contributed by atoms with Crippen molar-refractivity contribution >= 4 is 17.8 Å². The molecule has 8 heteroatoms. The third-order valence-corrected chi connectivity index (χ3v) is 1.39. The number of imidazole rings is 1. The van der Waals surface area contributed by atoms with Crippen LogP contribution < -0.4 is 11.5 Å². The lowest BCUT2D eigenvalue weighted by molar-refractivity contribution is 0.0684. The van der Waals surface area contributed by atoms with E-state index < -0.39 is 35.0 Å². The molecule has 0 spiro atoms. The van der Waals surface area contributed by atoms with Gasteiger partial charge in [-0.05, 0) is 0 Å². The zero-order valence-electron chi connectivity index (χ0n) is 6.77. The van der Waals surface area contributed by atoms with Gasteiger partial charge >= 0.3 is 5.97 Å². The first kappa shape index (κ1) is 9.71. The third-order valence-electron chi connectivity index (χ3n) is 1.39. The highest BCUT2D eigenvalue weighted by Crippen LogP contribution is 2.04. The summed E-state index contributed by atoms with van der Waals surface area (Å²) in [5.74, 6) is -4.01. The number of amides is 2. The van der Waals surface area contributed by atoms with Crippen LogP contribution in [0.3, 0.4) is 0 Å². The Labute approximate surface area is 76.9 Å². The first-order valence-electron chi connectivity index (χ1n) is 3.36. The van der Waals surface area contributed by atoms with Gasteiger partial charge in [0.15, 0.2) is 5.69 Å². The highest BCUT2D eigenvalue weighted by atomic mass is 16.4. The highest BCUT2D eigenvalue weighted by molar-refractivity contribution is 6.04. The Morgan fingerprint density at radius 3 is 2.07 bits per heavy atom. The molecule has 0 aliphatic carbocycles. The number of aromatic nitrogens is 2. The van der Waals surface area contributed by atoms with Gasteiger partial charge in [-0.15, -0.1) is 0 Å². The van der Waals surface area contributed by atoms with Gasteiger partial charge in [0.1, 0.15) is 5.69 Å². The summed E-state index contributed by atoms with van der Waals surface area (Å²) < 4.78 is 0. The first-order valence-corrected chi connectivity index (χ1v) is 3.36. The number of nitrogens with one attached hydrogen (secondary N) is 1. The molecular formula is C6H6N4O4. The lowest BCUT2D eigenvalue weighted by atomic mass is 10.3. The molecule has 0 saturated carbocycles. The van der Waals surface area contributed by atoms with Crippen LogP contribution in [0.15, 0.2) is 0 Å². The molecule has 0 aromatic carbocycles. The van der Waals surface area contributed by atoms with E-state index in [0.29, 0.717) is 0 Å². The zero-order valence-corrected chi connectivity index (χ0v) is 6.77. The fourth-order valence-electron chi connectivity index (χ4n) is 0.831. The van der Waals surface area contributed by atoms with Crippen molar-refractivity contribution in [3.63, 3.8) is 0 Å². The number of rotatable bonds is 3. The second kappa shape index (κ2) is 3.17. The molecule has 8 nitrogen and oxygen atoms in total. The number of carboxylic acid groups (broad SMARTS) is 1. The van der Waals surface area contributed by atoms with E-state index in [9.17, 15) is 14.4 Å². The Bertz CT molecular complexity index is 390. The van der Waals surface area contributed by atoms with Crippen molar-refractivity contribution < 1.29 is 19.5 Å². The van der Waals surface area contributed by atoms with E-state index >= 15 is 0 Å². The molecule has 0 saturated heterocycles.